The van der Waals surface area contributed by atoms with E-state index >= 15 is 0 Å². The van der Waals surface area contributed by atoms with Crippen LogP contribution in [0.1, 0.15) is 81.1 Å². The molecule has 0 radical (unpaired) electrons. The van der Waals surface area contributed by atoms with E-state index in [1.807, 2.05) is 27.0 Å². The predicted octanol–water partition coefficient (Wildman–Crippen LogP) is 4.61. The highest BCUT2D eigenvalue weighted by molar-refractivity contribution is 6.31. The van der Waals surface area contributed by atoms with E-state index < -0.39 is 15.4 Å². The predicted molar refractivity (Wildman–Crippen MR) is 113 cm³/mol. The maximum atomic E-state index is 11.8. The minimum atomic E-state index is -0.640. The van der Waals surface area contributed by atoms with Gasteiger partial charge in [-0.15, -0.1) is 0 Å². The van der Waals surface area contributed by atoms with Gasteiger partial charge >= 0.3 is 5.97 Å². The molecule has 0 bridgehead atoms. The zero-order chi connectivity index (χ0) is 20.1. The fourth-order valence-electron chi connectivity index (χ4n) is 3.17. The monoisotopic (exact) mass is 381 g/mol. The number of aliphatic imine (C=N–C) groups is 1. The molecule has 1 rings (SSSR count). The number of ether oxygens (including phenoxy) is 1. The van der Waals surface area contributed by atoms with Gasteiger partial charge in [0.1, 0.15) is 12.1 Å². The van der Waals surface area contributed by atoms with Crippen LogP contribution < -0.4 is 0 Å². The summed E-state index contributed by atoms with van der Waals surface area (Å²) in [6.45, 7) is 16.9. The second kappa shape index (κ2) is 8.83. The van der Waals surface area contributed by atoms with Gasteiger partial charge in [0.25, 0.3) is 0 Å². The van der Waals surface area contributed by atoms with E-state index in [9.17, 15) is 4.79 Å². The number of esters is 1. The Kier molecular flexibility index (Phi) is 7.84. The van der Waals surface area contributed by atoms with Crippen LogP contribution >= 0.6 is 0 Å². The highest BCUT2D eigenvalue weighted by atomic mass is 28.2. The van der Waals surface area contributed by atoms with Gasteiger partial charge < -0.3 is 9.16 Å². The molecule has 0 saturated heterocycles. The summed E-state index contributed by atoms with van der Waals surface area (Å²) in [4.78, 5) is 16.2. The number of carbonyl (C=O) groups excluding carboxylic acids is 1. The van der Waals surface area contributed by atoms with Crippen molar-refractivity contribution >= 4 is 21.9 Å². The van der Waals surface area contributed by atoms with Gasteiger partial charge in [0, 0.05) is 11.6 Å². The molecular weight excluding hydrogens is 342 g/mol. The first-order valence-electron chi connectivity index (χ1n) is 9.76. The molecule has 0 aromatic rings. The van der Waals surface area contributed by atoms with E-state index in [1.54, 1.807) is 0 Å². The molecule has 1 unspecified atom stereocenters. The molecule has 0 spiro atoms. The Labute approximate surface area is 162 Å². The Hall–Kier alpha value is -0.943. The van der Waals surface area contributed by atoms with Crippen molar-refractivity contribution in [1.82, 2.24) is 0 Å². The molecule has 1 aliphatic carbocycles. The number of allylic oxidation sites excluding steroid dienone is 2. The standard InChI is InChI=1S/C21H39NO3Si/c1-18(2,3)24-17(23)16-22-15-14-21(12-10-9-11-13-21)20(7,8)25-26-19(4,5)6/h9-10,15H,11-14,16,26H2,1-8H3. The zero-order valence-electron chi connectivity index (χ0n) is 18.1. The van der Waals surface area contributed by atoms with Crippen LogP contribution in [-0.2, 0) is 14.0 Å². The molecule has 26 heavy (non-hydrogen) atoms. The number of hydrogen-bond acceptors (Lipinski definition) is 4. The van der Waals surface area contributed by atoms with Crippen LogP contribution in [-0.4, -0.2) is 39.7 Å². The maximum absolute atomic E-state index is 11.8. The molecule has 5 heteroatoms. The van der Waals surface area contributed by atoms with Crippen LogP contribution in [0.2, 0.25) is 5.04 Å². The van der Waals surface area contributed by atoms with E-state index in [1.165, 1.54) is 0 Å². The van der Waals surface area contributed by atoms with Gasteiger partial charge in [-0.25, -0.2) is 0 Å². The number of carbonyl (C=O) groups is 1. The molecule has 1 aliphatic rings. The largest absolute Gasteiger partial charge is 0.459 e. The van der Waals surface area contributed by atoms with Gasteiger partial charge in [-0.1, -0.05) is 32.9 Å². The van der Waals surface area contributed by atoms with Crippen molar-refractivity contribution in [3.8, 4) is 0 Å². The Morgan fingerprint density at radius 1 is 1.15 bits per heavy atom. The van der Waals surface area contributed by atoms with Gasteiger partial charge in [0.15, 0.2) is 9.76 Å². The Morgan fingerprint density at radius 3 is 2.31 bits per heavy atom. The molecule has 0 amide bonds. The van der Waals surface area contributed by atoms with E-state index in [2.05, 4.69) is 51.8 Å². The summed E-state index contributed by atoms with van der Waals surface area (Å²) in [5, 5.41) is 0.272. The van der Waals surface area contributed by atoms with E-state index in [0.717, 1.165) is 25.7 Å². The van der Waals surface area contributed by atoms with Crippen LogP contribution in [0.4, 0.5) is 0 Å². The second-order valence-corrected chi connectivity index (χ2v) is 12.9. The molecule has 150 valence electrons. The van der Waals surface area contributed by atoms with Crippen molar-refractivity contribution in [2.45, 2.75) is 97.3 Å². The average Bonchev–Trinajstić information content (AvgIpc) is 2.48. The van der Waals surface area contributed by atoms with Gasteiger partial charge in [-0.05, 0) is 65.3 Å². The maximum Gasteiger partial charge on any atom is 0.328 e. The molecule has 1 atom stereocenters. The highest BCUT2D eigenvalue weighted by Crippen LogP contribution is 2.47. The third-order valence-electron chi connectivity index (χ3n) is 4.86. The molecule has 0 fully saturated rings. The lowest BCUT2D eigenvalue weighted by Gasteiger charge is -2.48. The Morgan fingerprint density at radius 2 is 1.81 bits per heavy atom. The third-order valence-corrected chi connectivity index (χ3v) is 6.59. The van der Waals surface area contributed by atoms with Crippen molar-refractivity contribution in [2.75, 3.05) is 6.54 Å². The number of rotatable bonds is 7. The minimum absolute atomic E-state index is 0.0391. The molecular formula is C21H39NO3Si. The smallest absolute Gasteiger partial charge is 0.328 e. The summed E-state index contributed by atoms with van der Waals surface area (Å²) in [6, 6.07) is 0. The first-order valence-corrected chi connectivity index (χ1v) is 11.0. The van der Waals surface area contributed by atoms with Crippen LogP contribution in [0, 0.1) is 5.41 Å². The van der Waals surface area contributed by atoms with Gasteiger partial charge in [-0.2, -0.15) is 0 Å². The van der Waals surface area contributed by atoms with Crippen molar-refractivity contribution in [1.29, 1.82) is 0 Å². The van der Waals surface area contributed by atoms with Gasteiger partial charge in [0.2, 0.25) is 0 Å². The molecule has 4 nitrogen and oxygen atoms in total. The molecule has 0 heterocycles. The quantitative estimate of drug-likeness (QED) is 0.280. The zero-order valence-corrected chi connectivity index (χ0v) is 19.6. The lowest BCUT2D eigenvalue weighted by molar-refractivity contribution is -0.152. The number of nitrogens with zero attached hydrogens (tertiary/aromatic N) is 1. The van der Waals surface area contributed by atoms with Crippen LogP contribution in [0.15, 0.2) is 17.1 Å². The summed E-state index contributed by atoms with van der Waals surface area (Å²) >= 11 is 0. The summed E-state index contributed by atoms with van der Waals surface area (Å²) in [6.07, 6.45) is 10.4. The first-order chi connectivity index (χ1) is 11.8. The lowest BCUT2D eigenvalue weighted by Crippen LogP contribution is -2.48. The fourth-order valence-corrected chi connectivity index (χ4v) is 4.27. The Bertz CT molecular complexity index is 526. The number of hydrogen-bond donors (Lipinski definition) is 0. The summed E-state index contributed by atoms with van der Waals surface area (Å²) in [5.41, 5.74) is -0.623. The summed E-state index contributed by atoms with van der Waals surface area (Å²) in [5.74, 6) is -0.276. The van der Waals surface area contributed by atoms with Crippen LogP contribution in [0.3, 0.4) is 0 Å². The minimum Gasteiger partial charge on any atom is -0.459 e. The molecule has 0 aromatic heterocycles. The lowest BCUT2D eigenvalue weighted by atomic mass is 9.64. The third kappa shape index (κ3) is 7.75. The molecule has 0 saturated carbocycles. The van der Waals surface area contributed by atoms with Crippen LogP contribution in [0.5, 0.6) is 0 Å². The Balaban J connectivity index is 2.75. The molecule has 0 aliphatic heterocycles. The van der Waals surface area contributed by atoms with Crippen molar-refractivity contribution in [3.63, 3.8) is 0 Å². The van der Waals surface area contributed by atoms with Crippen LogP contribution in [0.25, 0.3) is 0 Å². The first kappa shape index (κ1) is 23.1. The summed E-state index contributed by atoms with van der Waals surface area (Å²) < 4.78 is 11.8. The SMILES string of the molecule is CC(C)(C)OC(=O)CN=CCC1(C(C)(C)O[SiH2]C(C)(C)C)CC=CCC1. The topological polar surface area (TPSA) is 47.9 Å². The van der Waals surface area contributed by atoms with Crippen molar-refractivity contribution in [3.05, 3.63) is 12.2 Å². The average molecular weight is 382 g/mol. The van der Waals surface area contributed by atoms with E-state index in [0.29, 0.717) is 0 Å². The molecule has 0 aromatic carbocycles. The van der Waals surface area contributed by atoms with Gasteiger partial charge in [-0.3, -0.25) is 9.79 Å². The summed E-state index contributed by atoms with van der Waals surface area (Å²) in [7, 11) is -0.640. The van der Waals surface area contributed by atoms with E-state index in [-0.39, 0.29) is 28.6 Å². The van der Waals surface area contributed by atoms with Crippen molar-refractivity contribution in [2.24, 2.45) is 10.4 Å². The normalized spacial score (nSPS) is 22.5. The second-order valence-electron chi connectivity index (χ2n) is 10.2. The van der Waals surface area contributed by atoms with Gasteiger partial charge in [0.05, 0.1) is 5.60 Å². The highest BCUT2D eigenvalue weighted by Gasteiger charge is 2.45. The van der Waals surface area contributed by atoms with Crippen molar-refractivity contribution < 1.29 is 14.0 Å². The van der Waals surface area contributed by atoms with E-state index in [4.69, 9.17) is 9.16 Å². The molecule has 0 N–H and O–H groups in total. The fraction of sp³-hybridized carbons (Fsp3) is 0.810.